The van der Waals surface area contributed by atoms with E-state index in [1.165, 1.54) is 0 Å². The molecule has 0 saturated carbocycles. The van der Waals surface area contributed by atoms with E-state index in [0.29, 0.717) is 25.4 Å². The molecule has 24 heavy (non-hydrogen) atoms. The van der Waals surface area contributed by atoms with E-state index in [9.17, 15) is 4.79 Å². The Bertz CT molecular complexity index is 584. The van der Waals surface area contributed by atoms with E-state index in [0.717, 1.165) is 24.2 Å². The molecule has 2 aliphatic rings. The van der Waals surface area contributed by atoms with Crippen molar-refractivity contribution in [2.45, 2.75) is 44.9 Å². The van der Waals surface area contributed by atoms with Crippen LogP contribution in [0.15, 0.2) is 18.2 Å². The number of amides is 2. The highest BCUT2D eigenvalue weighted by molar-refractivity contribution is 5.76. The Hall–Kier alpha value is -1.95. The Morgan fingerprint density at radius 3 is 2.88 bits per heavy atom. The van der Waals surface area contributed by atoms with Gasteiger partial charge in [-0.15, -0.1) is 0 Å². The number of urea groups is 1. The number of nitrogens with one attached hydrogen (secondary N) is 1. The monoisotopic (exact) mass is 334 g/mol. The molecule has 1 aromatic carbocycles. The normalized spacial score (nSPS) is 20.7. The lowest BCUT2D eigenvalue weighted by Gasteiger charge is -2.40. The Balaban J connectivity index is 1.65. The summed E-state index contributed by atoms with van der Waals surface area (Å²) in [5, 5.41) is 3.14. The van der Waals surface area contributed by atoms with Gasteiger partial charge in [-0.05, 0) is 32.8 Å². The third-order valence-corrected chi connectivity index (χ3v) is 4.39. The first-order valence-electron chi connectivity index (χ1n) is 8.59. The second-order valence-corrected chi connectivity index (χ2v) is 6.58. The second-order valence-electron chi connectivity index (χ2n) is 6.58. The van der Waals surface area contributed by atoms with E-state index < -0.39 is 0 Å². The number of hydrogen-bond donors (Lipinski definition) is 1. The molecule has 1 N–H and O–H groups in total. The minimum Gasteiger partial charge on any atom is -0.493 e. The van der Waals surface area contributed by atoms with Gasteiger partial charge in [0, 0.05) is 5.56 Å². The van der Waals surface area contributed by atoms with E-state index in [-0.39, 0.29) is 24.3 Å². The first-order valence-corrected chi connectivity index (χ1v) is 8.59. The first-order chi connectivity index (χ1) is 11.6. The molecule has 2 amide bonds. The smallest absolute Gasteiger partial charge is 0.318 e. The first kappa shape index (κ1) is 16.9. The molecule has 1 unspecified atom stereocenters. The highest BCUT2D eigenvalue weighted by Gasteiger charge is 2.33. The molecule has 0 spiro atoms. The maximum absolute atomic E-state index is 12.5. The number of nitrogens with zero attached hydrogens (tertiary/aromatic N) is 1. The number of methoxy groups -OCH3 is 1. The Labute approximate surface area is 143 Å². The van der Waals surface area contributed by atoms with Crippen molar-refractivity contribution in [1.82, 2.24) is 10.2 Å². The maximum Gasteiger partial charge on any atom is 0.318 e. The van der Waals surface area contributed by atoms with Crippen LogP contribution in [0.4, 0.5) is 4.79 Å². The minimum absolute atomic E-state index is 0.0423. The molecule has 1 fully saturated rings. The molecule has 3 rings (SSSR count). The van der Waals surface area contributed by atoms with Gasteiger partial charge in [-0.2, -0.15) is 0 Å². The van der Waals surface area contributed by atoms with Crippen molar-refractivity contribution in [1.29, 1.82) is 0 Å². The zero-order valence-corrected chi connectivity index (χ0v) is 14.6. The van der Waals surface area contributed by atoms with Gasteiger partial charge in [-0.25, -0.2) is 4.79 Å². The van der Waals surface area contributed by atoms with Gasteiger partial charge in [-0.3, -0.25) is 0 Å². The molecule has 6 heteroatoms. The summed E-state index contributed by atoms with van der Waals surface area (Å²) in [6.45, 7) is 5.96. The van der Waals surface area contributed by atoms with Crippen molar-refractivity contribution in [2.75, 3.05) is 26.8 Å². The van der Waals surface area contributed by atoms with Gasteiger partial charge in [0.2, 0.25) is 0 Å². The van der Waals surface area contributed by atoms with Crippen molar-refractivity contribution in [3.8, 4) is 11.5 Å². The van der Waals surface area contributed by atoms with Crippen LogP contribution in [0.3, 0.4) is 0 Å². The quantitative estimate of drug-likeness (QED) is 0.920. The fraction of sp³-hybridized carbons (Fsp3) is 0.611. The molecular formula is C18H26N2O4. The van der Waals surface area contributed by atoms with Gasteiger partial charge in [-0.1, -0.05) is 12.1 Å². The van der Waals surface area contributed by atoms with Crippen LogP contribution in [0, 0.1) is 0 Å². The van der Waals surface area contributed by atoms with Crippen LogP contribution in [0.5, 0.6) is 11.5 Å². The number of para-hydroxylation sites is 1. The lowest BCUT2D eigenvalue weighted by molar-refractivity contribution is -0.0644. The van der Waals surface area contributed by atoms with Crippen LogP contribution in [0.1, 0.15) is 38.3 Å². The number of likely N-dealkylation sites (tertiary alicyclic amines) is 1. The summed E-state index contributed by atoms with van der Waals surface area (Å²) >= 11 is 0. The van der Waals surface area contributed by atoms with Gasteiger partial charge >= 0.3 is 6.03 Å². The van der Waals surface area contributed by atoms with Crippen molar-refractivity contribution in [3.63, 3.8) is 0 Å². The predicted molar refractivity (Wildman–Crippen MR) is 90.6 cm³/mol. The Morgan fingerprint density at radius 1 is 1.38 bits per heavy atom. The van der Waals surface area contributed by atoms with Crippen molar-refractivity contribution in [2.24, 2.45) is 0 Å². The third kappa shape index (κ3) is 3.59. The standard InChI is InChI=1S/C18H26N2O4/c1-12(2)24-13-10-20(11-13)18(21)19-15-7-5-9-23-17-14(15)6-4-8-16(17)22-3/h4,6,8,12-13,15H,5,7,9-11H2,1-3H3,(H,19,21). The highest BCUT2D eigenvalue weighted by atomic mass is 16.5. The molecule has 0 aliphatic carbocycles. The fourth-order valence-electron chi connectivity index (χ4n) is 3.20. The molecule has 1 aromatic rings. The molecule has 1 saturated heterocycles. The van der Waals surface area contributed by atoms with Crippen molar-refractivity contribution >= 4 is 6.03 Å². The number of ether oxygens (including phenoxy) is 3. The van der Waals surface area contributed by atoms with E-state index in [1.54, 1.807) is 12.0 Å². The summed E-state index contributed by atoms with van der Waals surface area (Å²) < 4.78 is 16.9. The van der Waals surface area contributed by atoms with E-state index in [4.69, 9.17) is 14.2 Å². The maximum atomic E-state index is 12.5. The second kappa shape index (κ2) is 7.30. The molecule has 0 bridgehead atoms. The van der Waals surface area contributed by atoms with Crippen molar-refractivity contribution < 1.29 is 19.0 Å². The van der Waals surface area contributed by atoms with Gasteiger partial charge in [0.15, 0.2) is 11.5 Å². The molecule has 0 radical (unpaired) electrons. The summed E-state index contributed by atoms with van der Waals surface area (Å²) in [6, 6.07) is 5.71. The highest BCUT2D eigenvalue weighted by Crippen LogP contribution is 2.38. The number of rotatable bonds is 4. The predicted octanol–water partition coefficient (Wildman–Crippen LogP) is 2.73. The van der Waals surface area contributed by atoms with E-state index in [2.05, 4.69) is 5.32 Å². The summed E-state index contributed by atoms with van der Waals surface area (Å²) in [4.78, 5) is 14.3. The van der Waals surface area contributed by atoms with Gasteiger partial charge < -0.3 is 24.4 Å². The molecule has 2 aliphatic heterocycles. The fourth-order valence-corrected chi connectivity index (χ4v) is 3.20. The average molecular weight is 334 g/mol. The molecule has 1 atom stereocenters. The Morgan fingerprint density at radius 2 is 2.17 bits per heavy atom. The summed E-state index contributed by atoms with van der Waals surface area (Å²) in [7, 11) is 1.63. The minimum atomic E-state index is -0.0600. The zero-order valence-electron chi connectivity index (χ0n) is 14.6. The third-order valence-electron chi connectivity index (χ3n) is 4.39. The van der Waals surface area contributed by atoms with Crippen LogP contribution in [0.2, 0.25) is 0 Å². The van der Waals surface area contributed by atoms with Gasteiger partial charge in [0.1, 0.15) is 0 Å². The molecular weight excluding hydrogens is 308 g/mol. The van der Waals surface area contributed by atoms with E-state index in [1.807, 2.05) is 32.0 Å². The number of benzene rings is 1. The summed E-state index contributed by atoms with van der Waals surface area (Å²) in [6.07, 6.45) is 2.09. The van der Waals surface area contributed by atoms with Gasteiger partial charge in [0.05, 0.1) is 45.1 Å². The Kier molecular flexibility index (Phi) is 5.14. The lowest BCUT2D eigenvalue weighted by atomic mass is 10.0. The van der Waals surface area contributed by atoms with E-state index >= 15 is 0 Å². The van der Waals surface area contributed by atoms with Crippen LogP contribution in [0.25, 0.3) is 0 Å². The molecule has 132 valence electrons. The SMILES string of the molecule is COc1cccc2c1OCCCC2NC(=O)N1CC(OC(C)C)C1. The van der Waals surface area contributed by atoms with Crippen LogP contribution in [-0.4, -0.2) is 49.9 Å². The van der Waals surface area contributed by atoms with Crippen molar-refractivity contribution in [3.05, 3.63) is 23.8 Å². The number of carbonyl (C=O) groups excluding carboxylic acids is 1. The molecule has 0 aromatic heterocycles. The largest absolute Gasteiger partial charge is 0.493 e. The number of fused-ring (bicyclic) bond motifs is 1. The summed E-state index contributed by atoms with van der Waals surface area (Å²) in [5.41, 5.74) is 0.982. The zero-order chi connectivity index (χ0) is 17.1. The van der Waals surface area contributed by atoms with Crippen LogP contribution < -0.4 is 14.8 Å². The summed E-state index contributed by atoms with van der Waals surface area (Å²) in [5.74, 6) is 1.45. The molecule has 6 nitrogen and oxygen atoms in total. The number of hydrogen-bond acceptors (Lipinski definition) is 4. The molecule has 2 heterocycles. The van der Waals surface area contributed by atoms with Gasteiger partial charge in [0.25, 0.3) is 0 Å². The number of carbonyl (C=O) groups is 1. The average Bonchev–Trinajstić information content (AvgIpc) is 2.72. The lowest BCUT2D eigenvalue weighted by Crippen LogP contribution is -2.58. The van der Waals surface area contributed by atoms with Crippen LogP contribution in [-0.2, 0) is 4.74 Å². The van der Waals surface area contributed by atoms with Crippen LogP contribution >= 0.6 is 0 Å². The topological polar surface area (TPSA) is 60.0 Å².